The van der Waals surface area contributed by atoms with Crippen LogP contribution in [-0.4, -0.2) is 25.4 Å². The van der Waals surface area contributed by atoms with E-state index in [-0.39, 0.29) is 29.2 Å². The number of nitrogens with zero attached hydrogens (tertiary/aromatic N) is 2. The minimum absolute atomic E-state index is 0.176. The summed E-state index contributed by atoms with van der Waals surface area (Å²) in [4.78, 5) is 10.3. The first-order valence-corrected chi connectivity index (χ1v) is 7.98. The fourth-order valence-corrected chi connectivity index (χ4v) is 3.13. The van der Waals surface area contributed by atoms with Crippen molar-refractivity contribution in [2.24, 2.45) is 0 Å². The highest BCUT2D eigenvalue weighted by atomic mass is 32.2. The molecular weight excluding hydrogens is 308 g/mol. The van der Waals surface area contributed by atoms with E-state index in [1.807, 2.05) is 6.07 Å². The van der Waals surface area contributed by atoms with Crippen molar-refractivity contribution in [3.05, 3.63) is 28.3 Å². The number of nitrogens with one attached hydrogen (secondary N) is 2. The number of nitro groups is 1. The van der Waals surface area contributed by atoms with E-state index in [1.54, 1.807) is 20.8 Å². The van der Waals surface area contributed by atoms with E-state index in [0.29, 0.717) is 0 Å². The molecule has 0 aliphatic rings. The van der Waals surface area contributed by atoms with Crippen LogP contribution >= 0.6 is 0 Å². The average molecular weight is 326 g/mol. The predicted octanol–water partition coefficient (Wildman–Crippen LogP) is 2.00. The molecule has 8 nitrogen and oxygen atoms in total. The molecule has 0 aliphatic carbocycles. The van der Waals surface area contributed by atoms with E-state index in [0.717, 1.165) is 6.07 Å². The monoisotopic (exact) mass is 326 g/mol. The van der Waals surface area contributed by atoms with Gasteiger partial charge in [0.2, 0.25) is 10.0 Å². The Labute approximate surface area is 129 Å². The summed E-state index contributed by atoms with van der Waals surface area (Å²) < 4.78 is 26.8. The first-order chi connectivity index (χ1) is 10.1. The van der Waals surface area contributed by atoms with Gasteiger partial charge in [0.05, 0.1) is 22.3 Å². The maximum atomic E-state index is 12.2. The van der Waals surface area contributed by atoms with Crippen molar-refractivity contribution < 1.29 is 13.3 Å². The molecule has 0 aromatic heterocycles. The smallest absolute Gasteiger partial charge is 0.293 e. The number of hydrogen-bond donors (Lipinski definition) is 2. The third kappa shape index (κ3) is 4.98. The van der Waals surface area contributed by atoms with Crippen LogP contribution in [0.15, 0.2) is 23.1 Å². The van der Waals surface area contributed by atoms with Crippen molar-refractivity contribution in [3.63, 3.8) is 0 Å². The third-order valence-corrected chi connectivity index (χ3v) is 4.22. The van der Waals surface area contributed by atoms with Gasteiger partial charge in [0.15, 0.2) is 0 Å². The number of hydrogen-bond acceptors (Lipinski definition) is 6. The van der Waals surface area contributed by atoms with Gasteiger partial charge >= 0.3 is 0 Å². The number of anilines is 1. The Morgan fingerprint density at radius 1 is 1.36 bits per heavy atom. The molecule has 0 spiro atoms. The first kappa shape index (κ1) is 17.9. The maximum absolute atomic E-state index is 12.2. The molecule has 0 saturated carbocycles. The number of nitro benzene ring substituents is 1. The van der Waals surface area contributed by atoms with Crippen LogP contribution in [0.1, 0.15) is 27.2 Å². The molecule has 0 radical (unpaired) electrons. The largest absolute Gasteiger partial charge is 0.378 e. The van der Waals surface area contributed by atoms with Gasteiger partial charge in [0.1, 0.15) is 5.69 Å². The van der Waals surface area contributed by atoms with Crippen molar-refractivity contribution in [3.8, 4) is 6.07 Å². The van der Waals surface area contributed by atoms with Gasteiger partial charge in [-0.1, -0.05) is 0 Å². The molecule has 0 bridgehead atoms. The lowest BCUT2D eigenvalue weighted by molar-refractivity contribution is -0.384. The molecule has 9 heteroatoms. The molecule has 0 atom stereocenters. The Balaban J connectivity index is 3.18. The van der Waals surface area contributed by atoms with Crippen LogP contribution < -0.4 is 10.0 Å². The zero-order valence-corrected chi connectivity index (χ0v) is 13.4. The lowest BCUT2D eigenvalue weighted by Gasteiger charge is -2.20. The molecule has 1 aromatic rings. The summed E-state index contributed by atoms with van der Waals surface area (Å²) in [6, 6.07) is 5.53. The van der Waals surface area contributed by atoms with E-state index in [1.165, 1.54) is 12.1 Å². The molecule has 22 heavy (non-hydrogen) atoms. The van der Waals surface area contributed by atoms with E-state index >= 15 is 0 Å². The van der Waals surface area contributed by atoms with Crippen LogP contribution in [0.2, 0.25) is 0 Å². The van der Waals surface area contributed by atoms with Gasteiger partial charge in [-0.2, -0.15) is 5.26 Å². The SMILES string of the molecule is CC(C)(C)NS(=O)(=O)c1ccc(NCCC#N)c([N+](=O)[O-])c1. The number of sulfonamides is 1. The van der Waals surface area contributed by atoms with Crippen molar-refractivity contribution in [1.29, 1.82) is 5.26 Å². The highest BCUT2D eigenvalue weighted by Gasteiger charge is 2.25. The molecule has 0 aliphatic heterocycles. The molecule has 0 saturated heterocycles. The van der Waals surface area contributed by atoms with E-state index in [9.17, 15) is 18.5 Å². The molecule has 0 fully saturated rings. The highest BCUT2D eigenvalue weighted by molar-refractivity contribution is 7.89. The van der Waals surface area contributed by atoms with Crippen LogP contribution in [0.25, 0.3) is 0 Å². The van der Waals surface area contributed by atoms with Crippen molar-refractivity contribution in [2.75, 3.05) is 11.9 Å². The minimum Gasteiger partial charge on any atom is -0.378 e. The van der Waals surface area contributed by atoms with Gasteiger partial charge in [0, 0.05) is 18.2 Å². The van der Waals surface area contributed by atoms with E-state index in [4.69, 9.17) is 5.26 Å². The Morgan fingerprint density at radius 3 is 2.50 bits per heavy atom. The second-order valence-corrected chi connectivity index (χ2v) is 7.31. The first-order valence-electron chi connectivity index (χ1n) is 6.50. The second-order valence-electron chi connectivity index (χ2n) is 5.63. The summed E-state index contributed by atoms with van der Waals surface area (Å²) >= 11 is 0. The quantitative estimate of drug-likeness (QED) is 0.468. The van der Waals surface area contributed by atoms with Crippen molar-refractivity contribution >= 4 is 21.4 Å². The van der Waals surface area contributed by atoms with Crippen molar-refractivity contribution in [1.82, 2.24) is 4.72 Å². The summed E-state index contributed by atoms with van der Waals surface area (Å²) in [5, 5.41) is 22.3. The van der Waals surface area contributed by atoms with Gasteiger partial charge in [-0.15, -0.1) is 0 Å². The minimum atomic E-state index is -3.85. The van der Waals surface area contributed by atoms with E-state index < -0.39 is 20.5 Å². The number of benzene rings is 1. The van der Waals surface area contributed by atoms with Crippen LogP contribution in [0, 0.1) is 21.4 Å². The van der Waals surface area contributed by atoms with E-state index in [2.05, 4.69) is 10.0 Å². The Hall–Kier alpha value is -2.18. The number of rotatable bonds is 6. The predicted molar refractivity (Wildman–Crippen MR) is 81.9 cm³/mol. The Bertz CT molecular complexity index is 702. The third-order valence-electron chi connectivity index (χ3n) is 2.47. The average Bonchev–Trinajstić information content (AvgIpc) is 2.36. The fourth-order valence-electron chi connectivity index (χ4n) is 1.69. The topological polar surface area (TPSA) is 125 Å². The summed E-state index contributed by atoms with van der Waals surface area (Å²) in [5.41, 5.74) is -0.873. The Kier molecular flexibility index (Phi) is 5.46. The number of nitriles is 1. The van der Waals surface area contributed by atoms with Gasteiger partial charge in [-0.3, -0.25) is 10.1 Å². The summed E-state index contributed by atoms with van der Waals surface area (Å²) in [6.07, 6.45) is 0.183. The Morgan fingerprint density at radius 2 is 2.00 bits per heavy atom. The molecule has 0 unspecified atom stereocenters. The van der Waals surface area contributed by atoms with Gasteiger partial charge in [-0.25, -0.2) is 13.1 Å². The molecule has 120 valence electrons. The van der Waals surface area contributed by atoms with Crippen LogP contribution in [0.3, 0.4) is 0 Å². The molecule has 2 N–H and O–H groups in total. The summed E-state index contributed by atoms with van der Waals surface area (Å²) in [7, 11) is -3.85. The van der Waals surface area contributed by atoms with Gasteiger partial charge in [-0.05, 0) is 32.9 Å². The van der Waals surface area contributed by atoms with Gasteiger partial charge < -0.3 is 5.32 Å². The summed E-state index contributed by atoms with van der Waals surface area (Å²) in [6.45, 7) is 5.27. The van der Waals surface area contributed by atoms with Crippen LogP contribution in [0.4, 0.5) is 11.4 Å². The standard InChI is InChI=1S/C13H18N4O4S/c1-13(2,3)16-22(20,21)10-5-6-11(15-8-4-7-14)12(9-10)17(18)19/h5-6,9,15-16H,4,8H2,1-3H3. The molecule has 1 rings (SSSR count). The molecule has 0 heterocycles. The highest BCUT2D eigenvalue weighted by Crippen LogP contribution is 2.28. The molecular formula is C13H18N4O4S. The molecule has 0 amide bonds. The van der Waals surface area contributed by atoms with Crippen LogP contribution in [0.5, 0.6) is 0 Å². The summed E-state index contributed by atoms with van der Waals surface area (Å²) in [5.74, 6) is 0. The molecule has 1 aromatic carbocycles. The van der Waals surface area contributed by atoms with Gasteiger partial charge in [0.25, 0.3) is 5.69 Å². The zero-order valence-electron chi connectivity index (χ0n) is 12.6. The fraction of sp³-hybridized carbons (Fsp3) is 0.462. The normalized spacial score (nSPS) is 11.7. The zero-order chi connectivity index (χ0) is 17.0. The van der Waals surface area contributed by atoms with Crippen molar-refractivity contribution in [2.45, 2.75) is 37.6 Å². The lowest BCUT2D eigenvalue weighted by atomic mass is 10.1. The second kappa shape index (κ2) is 6.72. The van der Waals surface area contributed by atoms with Crippen LogP contribution in [-0.2, 0) is 10.0 Å². The maximum Gasteiger partial charge on any atom is 0.293 e. The lowest BCUT2D eigenvalue weighted by Crippen LogP contribution is -2.40.